The summed E-state index contributed by atoms with van der Waals surface area (Å²) in [6.07, 6.45) is 8.54. The molecule has 7 heteroatoms. The molecule has 0 unspecified atom stereocenters. The van der Waals surface area contributed by atoms with E-state index in [-0.39, 0.29) is 29.4 Å². The molecule has 178 valence electrons. The van der Waals surface area contributed by atoms with Gasteiger partial charge in [-0.15, -0.1) is 0 Å². The lowest BCUT2D eigenvalue weighted by Crippen LogP contribution is -2.64. The Labute approximate surface area is 194 Å². The van der Waals surface area contributed by atoms with Crippen molar-refractivity contribution in [3.63, 3.8) is 0 Å². The standard InChI is InChI=1S/C26H33NO6/c1-3-31-22(29)6-4-5-13-30-15-18-7-9-19-20-14-17-8-10-21(32-16(2)28)24-23(17)26(19,11-12-27-20)25(18)33-24/h7-10,18-20,25,27H,3-6,11-15H2,1-2H3/t18-,19+,20-,25+,26+/m1/s1. The third-order valence-corrected chi connectivity index (χ3v) is 7.58. The average Bonchev–Trinajstić information content (AvgIpc) is 3.12. The van der Waals surface area contributed by atoms with Crippen molar-refractivity contribution in [2.24, 2.45) is 11.8 Å². The number of ether oxygens (including phenoxy) is 4. The Morgan fingerprint density at radius 2 is 2.12 bits per heavy atom. The first-order valence-electron chi connectivity index (χ1n) is 12.2. The minimum absolute atomic E-state index is 0.0395. The molecule has 0 aromatic heterocycles. The fourth-order valence-electron chi connectivity index (χ4n) is 6.40. The highest BCUT2D eigenvalue weighted by atomic mass is 16.6. The van der Waals surface area contributed by atoms with Crippen LogP contribution < -0.4 is 14.8 Å². The van der Waals surface area contributed by atoms with E-state index < -0.39 is 0 Å². The summed E-state index contributed by atoms with van der Waals surface area (Å²) >= 11 is 0. The van der Waals surface area contributed by atoms with Gasteiger partial charge in [0.25, 0.3) is 0 Å². The van der Waals surface area contributed by atoms with Crippen molar-refractivity contribution in [2.45, 2.75) is 63.5 Å². The quantitative estimate of drug-likeness (QED) is 0.265. The lowest BCUT2D eigenvalue weighted by Gasteiger charge is -2.54. The molecule has 1 N–H and O–H groups in total. The number of rotatable bonds is 9. The van der Waals surface area contributed by atoms with Crippen LogP contribution in [-0.4, -0.2) is 50.4 Å². The van der Waals surface area contributed by atoms with Gasteiger partial charge < -0.3 is 24.3 Å². The molecule has 1 aromatic carbocycles. The molecule has 4 aliphatic rings. The molecule has 1 spiro atoms. The van der Waals surface area contributed by atoms with Gasteiger partial charge in [-0.05, 0) is 50.8 Å². The first-order valence-corrected chi connectivity index (χ1v) is 12.2. The smallest absolute Gasteiger partial charge is 0.308 e. The summed E-state index contributed by atoms with van der Waals surface area (Å²) in [7, 11) is 0. The average molecular weight is 456 g/mol. The fourth-order valence-corrected chi connectivity index (χ4v) is 6.40. The van der Waals surface area contributed by atoms with Gasteiger partial charge in [0.15, 0.2) is 11.5 Å². The Kier molecular flexibility index (Phi) is 6.18. The van der Waals surface area contributed by atoms with Crippen molar-refractivity contribution >= 4 is 11.9 Å². The van der Waals surface area contributed by atoms with E-state index in [4.69, 9.17) is 18.9 Å². The van der Waals surface area contributed by atoms with Crippen LogP contribution in [0.25, 0.3) is 0 Å². The SMILES string of the molecule is CCOC(=O)CCCCOC[C@H]1C=C[C@H]2[C@H]3Cc4ccc(OC(C)=O)c5c4[C@@]2(CCN3)[C@H]1O5. The second-order valence-electron chi connectivity index (χ2n) is 9.53. The maximum absolute atomic E-state index is 11.7. The second-order valence-corrected chi connectivity index (χ2v) is 9.53. The van der Waals surface area contributed by atoms with Crippen LogP contribution >= 0.6 is 0 Å². The molecule has 1 fully saturated rings. The van der Waals surface area contributed by atoms with E-state index in [0.29, 0.717) is 44.0 Å². The van der Waals surface area contributed by atoms with E-state index in [1.54, 1.807) is 0 Å². The minimum atomic E-state index is -0.335. The van der Waals surface area contributed by atoms with Gasteiger partial charge in [-0.2, -0.15) is 0 Å². The predicted octanol–water partition coefficient (Wildman–Crippen LogP) is 3.08. The van der Waals surface area contributed by atoms with E-state index in [1.807, 2.05) is 13.0 Å². The molecule has 1 saturated heterocycles. The zero-order valence-electron chi connectivity index (χ0n) is 19.4. The number of carbonyl (C=O) groups excluding carboxylic acids is 2. The number of hydrogen-bond acceptors (Lipinski definition) is 7. The monoisotopic (exact) mass is 455 g/mol. The predicted molar refractivity (Wildman–Crippen MR) is 121 cm³/mol. The third kappa shape index (κ3) is 3.85. The van der Waals surface area contributed by atoms with Crippen molar-refractivity contribution in [1.82, 2.24) is 5.32 Å². The van der Waals surface area contributed by atoms with Crippen LogP contribution in [0.4, 0.5) is 0 Å². The van der Waals surface area contributed by atoms with Gasteiger partial charge in [0.2, 0.25) is 0 Å². The van der Waals surface area contributed by atoms with Crippen LogP contribution in [0.3, 0.4) is 0 Å². The number of nitrogens with one attached hydrogen (secondary N) is 1. The number of hydrogen-bond donors (Lipinski definition) is 1. The topological polar surface area (TPSA) is 83.1 Å². The summed E-state index contributed by atoms with van der Waals surface area (Å²) in [4.78, 5) is 23.2. The number of benzene rings is 1. The first-order chi connectivity index (χ1) is 16.0. The van der Waals surface area contributed by atoms with Crippen LogP contribution in [0.5, 0.6) is 11.5 Å². The summed E-state index contributed by atoms with van der Waals surface area (Å²) in [5.74, 6) is 1.28. The molecule has 0 radical (unpaired) electrons. The van der Waals surface area contributed by atoms with Gasteiger partial charge in [-0.25, -0.2) is 0 Å². The molecule has 2 aliphatic carbocycles. The maximum atomic E-state index is 11.7. The zero-order chi connectivity index (χ0) is 23.0. The molecule has 2 heterocycles. The van der Waals surface area contributed by atoms with Crippen molar-refractivity contribution in [3.8, 4) is 11.5 Å². The molecular formula is C26H33NO6. The molecule has 33 heavy (non-hydrogen) atoms. The van der Waals surface area contributed by atoms with Crippen molar-refractivity contribution in [2.75, 3.05) is 26.4 Å². The number of esters is 2. The molecule has 0 saturated carbocycles. The van der Waals surface area contributed by atoms with Gasteiger partial charge in [-0.3, -0.25) is 9.59 Å². The van der Waals surface area contributed by atoms with Crippen LogP contribution in [0, 0.1) is 11.8 Å². The molecule has 1 aromatic rings. The second kappa shape index (κ2) is 9.11. The molecule has 5 rings (SSSR count). The highest BCUT2D eigenvalue weighted by molar-refractivity contribution is 5.72. The Bertz CT molecular complexity index is 958. The van der Waals surface area contributed by atoms with Gasteiger partial charge in [0.1, 0.15) is 6.10 Å². The first kappa shape index (κ1) is 22.4. The van der Waals surface area contributed by atoms with Crippen molar-refractivity contribution in [1.29, 1.82) is 0 Å². The van der Waals surface area contributed by atoms with E-state index in [1.165, 1.54) is 18.1 Å². The molecule has 0 amide bonds. The summed E-state index contributed by atoms with van der Waals surface area (Å²) in [5, 5.41) is 3.71. The van der Waals surface area contributed by atoms with Crippen molar-refractivity contribution < 1.29 is 28.5 Å². The lowest BCUT2D eigenvalue weighted by molar-refractivity contribution is -0.143. The van der Waals surface area contributed by atoms with Crippen molar-refractivity contribution in [3.05, 3.63) is 35.4 Å². The normalized spacial score (nSPS) is 30.4. The highest BCUT2D eigenvalue weighted by Crippen LogP contribution is 2.62. The van der Waals surface area contributed by atoms with Crippen LogP contribution in [0.15, 0.2) is 24.3 Å². The third-order valence-electron chi connectivity index (χ3n) is 7.58. The van der Waals surface area contributed by atoms with Gasteiger partial charge in [0, 0.05) is 48.8 Å². The van der Waals surface area contributed by atoms with Crippen LogP contribution in [-0.2, 0) is 30.9 Å². The molecule has 7 nitrogen and oxygen atoms in total. The largest absolute Gasteiger partial charge is 0.485 e. The van der Waals surface area contributed by atoms with Gasteiger partial charge in [0.05, 0.1) is 13.2 Å². The highest BCUT2D eigenvalue weighted by Gasteiger charge is 2.63. The summed E-state index contributed by atoms with van der Waals surface area (Å²) < 4.78 is 23.2. The molecular weight excluding hydrogens is 422 g/mol. The van der Waals surface area contributed by atoms with E-state index >= 15 is 0 Å². The Balaban J connectivity index is 1.32. The van der Waals surface area contributed by atoms with E-state index in [9.17, 15) is 9.59 Å². The maximum Gasteiger partial charge on any atom is 0.308 e. The molecule has 2 bridgehead atoms. The lowest BCUT2D eigenvalue weighted by atomic mass is 9.52. The number of carbonyl (C=O) groups is 2. The number of unbranched alkanes of at least 4 members (excludes halogenated alkanes) is 1. The van der Waals surface area contributed by atoms with E-state index in [0.717, 1.165) is 38.0 Å². The number of piperidine rings is 1. The van der Waals surface area contributed by atoms with E-state index in [2.05, 4.69) is 23.5 Å². The van der Waals surface area contributed by atoms with Gasteiger partial charge >= 0.3 is 11.9 Å². The summed E-state index contributed by atoms with van der Waals surface area (Å²) in [5.41, 5.74) is 2.44. The Morgan fingerprint density at radius 1 is 1.24 bits per heavy atom. The summed E-state index contributed by atoms with van der Waals surface area (Å²) in [6, 6.07) is 4.37. The minimum Gasteiger partial charge on any atom is -0.485 e. The van der Waals surface area contributed by atoms with Crippen LogP contribution in [0.1, 0.15) is 50.7 Å². The van der Waals surface area contributed by atoms with Gasteiger partial charge in [-0.1, -0.05) is 18.2 Å². The Morgan fingerprint density at radius 3 is 2.94 bits per heavy atom. The molecule has 5 atom stereocenters. The molecule has 2 aliphatic heterocycles. The Hall–Kier alpha value is -2.38. The zero-order valence-corrected chi connectivity index (χ0v) is 19.4. The van der Waals surface area contributed by atoms with Crippen LogP contribution in [0.2, 0.25) is 0 Å². The summed E-state index contributed by atoms with van der Waals surface area (Å²) in [6.45, 7) is 5.80. The fraction of sp³-hybridized carbons (Fsp3) is 0.615.